The molecule has 2 aliphatic heterocycles. The molecule has 1 N–H and O–H groups in total. The highest BCUT2D eigenvalue weighted by Crippen LogP contribution is 2.38. The van der Waals surface area contributed by atoms with Gasteiger partial charge in [-0.2, -0.15) is 0 Å². The third kappa shape index (κ3) is 4.65. The molecule has 1 atom stereocenters. The number of aromatic nitrogens is 1. The van der Waals surface area contributed by atoms with E-state index in [2.05, 4.69) is 15.2 Å². The van der Waals surface area contributed by atoms with Crippen LogP contribution in [0.4, 0.5) is 14.9 Å². The zero-order chi connectivity index (χ0) is 22.8. The van der Waals surface area contributed by atoms with Crippen LogP contribution in [0.3, 0.4) is 0 Å². The molecule has 3 heterocycles. The number of pyridine rings is 1. The first-order valence-electron chi connectivity index (χ1n) is 11.2. The minimum absolute atomic E-state index is 0.229. The van der Waals surface area contributed by atoms with Crippen LogP contribution < -0.4 is 19.7 Å². The summed E-state index contributed by atoms with van der Waals surface area (Å²) in [5, 5.41) is 3.63. The smallest absolute Gasteiger partial charge is 0.407 e. The molecule has 0 aliphatic carbocycles. The largest absolute Gasteiger partial charge is 0.486 e. The van der Waals surface area contributed by atoms with Crippen molar-refractivity contribution in [3.8, 4) is 11.5 Å². The quantitative estimate of drug-likeness (QED) is 0.571. The predicted octanol–water partition coefficient (Wildman–Crippen LogP) is 4.00. The molecule has 0 saturated heterocycles. The third-order valence-corrected chi connectivity index (χ3v) is 5.95. The minimum Gasteiger partial charge on any atom is -0.486 e. The van der Waals surface area contributed by atoms with Crippen molar-refractivity contribution in [2.45, 2.75) is 25.9 Å². The number of nitrogens with zero attached hydrogens (tertiary/aromatic N) is 2. The first-order valence-corrected chi connectivity index (χ1v) is 11.2. The molecule has 1 aromatic heterocycles. The number of carbonyl (C=O) groups is 1. The molecule has 0 spiro atoms. The van der Waals surface area contributed by atoms with E-state index in [4.69, 9.17) is 14.2 Å². The van der Waals surface area contributed by atoms with E-state index in [9.17, 15) is 9.18 Å². The molecular weight excluding hydrogens is 425 g/mol. The van der Waals surface area contributed by atoms with Gasteiger partial charge < -0.3 is 24.4 Å². The fourth-order valence-corrected chi connectivity index (χ4v) is 4.30. The van der Waals surface area contributed by atoms with E-state index >= 15 is 0 Å². The van der Waals surface area contributed by atoms with Crippen LogP contribution in [0.15, 0.2) is 42.5 Å². The highest BCUT2D eigenvalue weighted by atomic mass is 19.1. The molecule has 5 rings (SSSR count). The van der Waals surface area contributed by atoms with Crippen LogP contribution in [0, 0.1) is 12.7 Å². The number of nitrogens with one attached hydrogen (secondary N) is 1. The van der Waals surface area contributed by atoms with Gasteiger partial charge in [0.2, 0.25) is 0 Å². The van der Waals surface area contributed by atoms with Gasteiger partial charge in [0, 0.05) is 29.9 Å². The van der Waals surface area contributed by atoms with Crippen LogP contribution in [0.1, 0.15) is 17.7 Å². The van der Waals surface area contributed by atoms with Crippen LogP contribution >= 0.6 is 0 Å². The van der Waals surface area contributed by atoms with Crippen LogP contribution in [0.2, 0.25) is 0 Å². The lowest BCUT2D eigenvalue weighted by molar-refractivity contribution is 0.0873. The van der Waals surface area contributed by atoms with Gasteiger partial charge in [-0.1, -0.05) is 6.07 Å². The summed E-state index contributed by atoms with van der Waals surface area (Å²) in [5.41, 5.74) is 3.87. The standard InChI is InChI=1S/C25H26FN3O4/c1-16-3-6-20-21(28-16)7-8-23-24(20)33-19(15-32-23)14-27-25(30)31-12-2-10-29-11-9-17-4-5-18(26)13-22(17)29/h3-8,13,19H,2,9-12,14-15H2,1H3,(H,27,30)/t19-/m0/s1. The number of amides is 1. The SMILES string of the molecule is Cc1ccc2c3c(ccc2n1)OC[C@H](CNC(=O)OCCCN1CCc2ccc(F)cc21)O3. The van der Waals surface area contributed by atoms with E-state index < -0.39 is 6.09 Å². The fraction of sp³-hybridized carbons (Fsp3) is 0.360. The molecule has 0 radical (unpaired) electrons. The number of rotatable bonds is 6. The predicted molar refractivity (Wildman–Crippen MR) is 123 cm³/mol. The molecule has 33 heavy (non-hydrogen) atoms. The molecule has 0 bridgehead atoms. The average molecular weight is 451 g/mol. The molecule has 0 unspecified atom stereocenters. The minimum atomic E-state index is -0.493. The normalized spacial score (nSPS) is 16.5. The molecule has 1 amide bonds. The zero-order valence-corrected chi connectivity index (χ0v) is 18.5. The number of aryl methyl sites for hydroxylation is 1. The van der Waals surface area contributed by atoms with Crippen LogP contribution in [0.25, 0.3) is 10.9 Å². The Bertz CT molecular complexity index is 1190. The molecular formula is C25H26FN3O4. The van der Waals surface area contributed by atoms with Crippen molar-refractivity contribution in [3.63, 3.8) is 0 Å². The average Bonchev–Trinajstić information content (AvgIpc) is 3.22. The Hall–Kier alpha value is -3.55. The molecule has 0 fully saturated rings. The number of fused-ring (bicyclic) bond motifs is 4. The van der Waals surface area contributed by atoms with Crippen molar-refractivity contribution < 1.29 is 23.4 Å². The van der Waals surface area contributed by atoms with Gasteiger partial charge in [0.1, 0.15) is 12.4 Å². The number of carbonyl (C=O) groups excluding carboxylic acids is 1. The number of ether oxygens (including phenoxy) is 3. The maximum Gasteiger partial charge on any atom is 0.407 e. The van der Waals surface area contributed by atoms with Crippen LogP contribution in [-0.4, -0.2) is 50.0 Å². The first kappa shape index (κ1) is 21.3. The Morgan fingerprint density at radius 2 is 2.18 bits per heavy atom. The molecule has 172 valence electrons. The van der Waals surface area contributed by atoms with Gasteiger partial charge in [-0.25, -0.2) is 9.18 Å². The second-order valence-electron chi connectivity index (χ2n) is 8.34. The van der Waals surface area contributed by atoms with Crippen molar-refractivity contribution in [1.29, 1.82) is 0 Å². The van der Waals surface area contributed by atoms with Crippen molar-refractivity contribution in [3.05, 3.63) is 59.5 Å². The lowest BCUT2D eigenvalue weighted by Crippen LogP contribution is -2.41. The second-order valence-corrected chi connectivity index (χ2v) is 8.34. The Morgan fingerprint density at radius 1 is 1.27 bits per heavy atom. The number of halogens is 1. The van der Waals surface area contributed by atoms with E-state index in [-0.39, 0.29) is 25.1 Å². The van der Waals surface area contributed by atoms with Crippen molar-refractivity contribution in [1.82, 2.24) is 10.3 Å². The fourth-order valence-electron chi connectivity index (χ4n) is 4.30. The lowest BCUT2D eigenvalue weighted by atomic mass is 10.1. The second kappa shape index (κ2) is 9.13. The number of hydrogen-bond acceptors (Lipinski definition) is 6. The maximum absolute atomic E-state index is 13.5. The van der Waals surface area contributed by atoms with Gasteiger partial charge in [-0.05, 0) is 61.7 Å². The van der Waals surface area contributed by atoms with Gasteiger partial charge >= 0.3 is 6.09 Å². The van der Waals surface area contributed by atoms with Gasteiger partial charge in [-0.15, -0.1) is 0 Å². The number of benzene rings is 2. The van der Waals surface area contributed by atoms with E-state index in [0.29, 0.717) is 31.1 Å². The summed E-state index contributed by atoms with van der Waals surface area (Å²) in [5.74, 6) is 1.09. The zero-order valence-electron chi connectivity index (χ0n) is 18.5. The van der Waals surface area contributed by atoms with Crippen molar-refractivity contribution in [2.75, 3.05) is 37.7 Å². The summed E-state index contributed by atoms with van der Waals surface area (Å²) in [4.78, 5) is 18.8. The van der Waals surface area contributed by atoms with Crippen LogP contribution in [-0.2, 0) is 11.2 Å². The van der Waals surface area contributed by atoms with E-state index in [0.717, 1.165) is 40.8 Å². The van der Waals surface area contributed by atoms with Crippen LogP contribution in [0.5, 0.6) is 11.5 Å². The molecule has 0 saturated carbocycles. The van der Waals surface area contributed by atoms with Crippen molar-refractivity contribution in [2.24, 2.45) is 0 Å². The van der Waals surface area contributed by atoms with Gasteiger partial charge in [-0.3, -0.25) is 4.98 Å². The van der Waals surface area contributed by atoms with E-state index in [1.807, 2.05) is 37.3 Å². The van der Waals surface area contributed by atoms with Gasteiger partial charge in [0.15, 0.2) is 17.6 Å². The summed E-state index contributed by atoms with van der Waals surface area (Å²) in [6, 6.07) is 12.6. The highest BCUT2D eigenvalue weighted by Gasteiger charge is 2.24. The Kier molecular flexibility index (Phi) is 5.90. The summed E-state index contributed by atoms with van der Waals surface area (Å²) in [7, 11) is 0. The molecule has 3 aromatic rings. The molecule has 2 aromatic carbocycles. The Balaban J connectivity index is 1.07. The lowest BCUT2D eigenvalue weighted by Gasteiger charge is -2.27. The summed E-state index contributed by atoms with van der Waals surface area (Å²) in [6.07, 6.45) is 0.757. The van der Waals surface area contributed by atoms with E-state index in [1.54, 1.807) is 6.07 Å². The highest BCUT2D eigenvalue weighted by molar-refractivity contribution is 5.88. The summed E-state index contributed by atoms with van der Waals surface area (Å²) >= 11 is 0. The van der Waals surface area contributed by atoms with Gasteiger partial charge in [0.05, 0.1) is 18.7 Å². The van der Waals surface area contributed by atoms with Gasteiger partial charge in [0.25, 0.3) is 0 Å². The molecule has 8 heteroatoms. The van der Waals surface area contributed by atoms with Crippen molar-refractivity contribution >= 4 is 22.7 Å². The van der Waals surface area contributed by atoms with E-state index in [1.165, 1.54) is 6.07 Å². The Morgan fingerprint density at radius 3 is 3.09 bits per heavy atom. The summed E-state index contributed by atoms with van der Waals surface area (Å²) in [6.45, 7) is 4.40. The summed E-state index contributed by atoms with van der Waals surface area (Å²) < 4.78 is 30.7. The molecule has 2 aliphatic rings. The topological polar surface area (TPSA) is 72.9 Å². The number of hydrogen-bond donors (Lipinski definition) is 1. The maximum atomic E-state index is 13.5. The number of anilines is 1. The third-order valence-electron chi connectivity index (χ3n) is 5.95. The Labute approximate surface area is 191 Å². The first-order chi connectivity index (χ1) is 16.1. The number of alkyl carbamates (subject to hydrolysis) is 1. The molecule has 7 nitrogen and oxygen atoms in total. The monoisotopic (exact) mass is 451 g/mol.